The maximum absolute atomic E-state index is 12.0. The van der Waals surface area contributed by atoms with Gasteiger partial charge in [-0.2, -0.15) is 0 Å². The maximum atomic E-state index is 12.0. The molecule has 1 N–H and O–H groups in total. The zero-order valence-electron chi connectivity index (χ0n) is 12.9. The van der Waals surface area contributed by atoms with Crippen molar-refractivity contribution in [3.63, 3.8) is 0 Å². The molecule has 1 aliphatic rings. The zero-order chi connectivity index (χ0) is 15.9. The fraction of sp³-hybridized carbons (Fsp3) is 0.353. The minimum atomic E-state index is -0.110. The molecule has 0 spiro atoms. The second-order valence-electron chi connectivity index (χ2n) is 5.52. The molecule has 0 unspecified atom stereocenters. The standard InChI is InChI=1S/C17H20N4O2/c22-17(13-23-15-6-3-8-18-11-15)20-14-5-4-10-21(12-14)16-7-1-2-9-19-16/h1-3,6-9,11,14H,4-5,10,12-13H2,(H,20,22)/t14-/m0/s1. The molecule has 1 saturated heterocycles. The number of aromatic nitrogens is 2. The van der Waals surface area contributed by atoms with E-state index in [0.717, 1.165) is 31.7 Å². The van der Waals surface area contributed by atoms with E-state index in [0.29, 0.717) is 5.75 Å². The number of piperidine rings is 1. The number of hydrogen-bond donors (Lipinski definition) is 1. The van der Waals surface area contributed by atoms with Gasteiger partial charge >= 0.3 is 0 Å². The monoisotopic (exact) mass is 312 g/mol. The van der Waals surface area contributed by atoms with Crippen molar-refractivity contribution < 1.29 is 9.53 Å². The maximum Gasteiger partial charge on any atom is 0.258 e. The van der Waals surface area contributed by atoms with Gasteiger partial charge in [0.1, 0.15) is 11.6 Å². The molecule has 2 aromatic heterocycles. The zero-order valence-corrected chi connectivity index (χ0v) is 12.9. The number of ether oxygens (including phenoxy) is 1. The second kappa shape index (κ2) is 7.58. The Bertz CT molecular complexity index is 621. The summed E-state index contributed by atoms with van der Waals surface area (Å²) in [6.07, 6.45) is 7.06. The van der Waals surface area contributed by atoms with Crippen molar-refractivity contribution in [1.82, 2.24) is 15.3 Å². The average molecular weight is 312 g/mol. The number of amides is 1. The normalized spacial score (nSPS) is 17.6. The van der Waals surface area contributed by atoms with E-state index in [2.05, 4.69) is 20.2 Å². The molecule has 6 heteroatoms. The molecule has 23 heavy (non-hydrogen) atoms. The lowest BCUT2D eigenvalue weighted by molar-refractivity contribution is -0.123. The van der Waals surface area contributed by atoms with Crippen LogP contribution in [0.2, 0.25) is 0 Å². The van der Waals surface area contributed by atoms with E-state index in [9.17, 15) is 4.79 Å². The molecule has 6 nitrogen and oxygen atoms in total. The summed E-state index contributed by atoms with van der Waals surface area (Å²) >= 11 is 0. The second-order valence-corrected chi connectivity index (χ2v) is 5.52. The Labute approximate surface area is 135 Å². The summed E-state index contributed by atoms with van der Waals surface area (Å²) < 4.78 is 5.42. The van der Waals surface area contributed by atoms with Crippen LogP contribution < -0.4 is 15.0 Å². The van der Waals surface area contributed by atoms with E-state index in [1.807, 2.05) is 18.2 Å². The van der Waals surface area contributed by atoms with Gasteiger partial charge in [-0.05, 0) is 37.1 Å². The summed E-state index contributed by atoms with van der Waals surface area (Å²) in [5.41, 5.74) is 0. The van der Waals surface area contributed by atoms with Crippen LogP contribution in [0, 0.1) is 0 Å². The largest absolute Gasteiger partial charge is 0.482 e. The van der Waals surface area contributed by atoms with Gasteiger partial charge in [-0.25, -0.2) is 4.98 Å². The summed E-state index contributed by atoms with van der Waals surface area (Å²) in [7, 11) is 0. The molecule has 1 fully saturated rings. The smallest absolute Gasteiger partial charge is 0.258 e. The Morgan fingerprint density at radius 1 is 1.30 bits per heavy atom. The Morgan fingerprint density at radius 2 is 2.26 bits per heavy atom. The van der Waals surface area contributed by atoms with Gasteiger partial charge in [-0.15, -0.1) is 0 Å². The van der Waals surface area contributed by atoms with E-state index in [1.165, 1.54) is 0 Å². The van der Waals surface area contributed by atoms with E-state index in [-0.39, 0.29) is 18.6 Å². The average Bonchev–Trinajstić information content (AvgIpc) is 2.62. The number of nitrogens with zero attached hydrogens (tertiary/aromatic N) is 3. The van der Waals surface area contributed by atoms with Crippen LogP contribution >= 0.6 is 0 Å². The molecule has 3 rings (SSSR count). The molecule has 0 aliphatic carbocycles. The van der Waals surface area contributed by atoms with Crippen molar-refractivity contribution in [1.29, 1.82) is 0 Å². The summed E-state index contributed by atoms with van der Waals surface area (Å²) in [6, 6.07) is 9.56. The molecule has 0 radical (unpaired) electrons. The first-order chi connectivity index (χ1) is 11.3. The van der Waals surface area contributed by atoms with Crippen molar-refractivity contribution in [3.05, 3.63) is 48.9 Å². The Kier molecular flexibility index (Phi) is 5.03. The van der Waals surface area contributed by atoms with Crippen LogP contribution in [0.4, 0.5) is 5.82 Å². The quantitative estimate of drug-likeness (QED) is 0.909. The molecule has 0 saturated carbocycles. The Morgan fingerprint density at radius 3 is 3.04 bits per heavy atom. The number of carbonyl (C=O) groups is 1. The van der Waals surface area contributed by atoms with Gasteiger partial charge in [0.25, 0.3) is 5.91 Å². The molecule has 1 atom stereocenters. The number of hydrogen-bond acceptors (Lipinski definition) is 5. The summed E-state index contributed by atoms with van der Waals surface area (Å²) in [5.74, 6) is 1.45. The van der Waals surface area contributed by atoms with Crippen molar-refractivity contribution in [2.45, 2.75) is 18.9 Å². The van der Waals surface area contributed by atoms with Gasteiger partial charge in [0.2, 0.25) is 0 Å². The van der Waals surface area contributed by atoms with Gasteiger partial charge in [-0.3, -0.25) is 9.78 Å². The summed E-state index contributed by atoms with van der Waals surface area (Å²) in [6.45, 7) is 1.75. The topological polar surface area (TPSA) is 67.3 Å². The van der Waals surface area contributed by atoms with Crippen LogP contribution in [0.15, 0.2) is 48.9 Å². The van der Waals surface area contributed by atoms with Crippen molar-refractivity contribution >= 4 is 11.7 Å². The van der Waals surface area contributed by atoms with Gasteiger partial charge < -0.3 is 15.0 Å². The van der Waals surface area contributed by atoms with Gasteiger partial charge in [0.15, 0.2) is 6.61 Å². The number of carbonyl (C=O) groups excluding carboxylic acids is 1. The van der Waals surface area contributed by atoms with Crippen LogP contribution in [-0.4, -0.2) is 41.6 Å². The number of rotatable bonds is 5. The lowest BCUT2D eigenvalue weighted by atomic mass is 10.1. The lowest BCUT2D eigenvalue weighted by Gasteiger charge is -2.33. The van der Waals surface area contributed by atoms with E-state index in [1.54, 1.807) is 30.7 Å². The van der Waals surface area contributed by atoms with E-state index in [4.69, 9.17) is 4.74 Å². The van der Waals surface area contributed by atoms with Crippen LogP contribution in [0.5, 0.6) is 5.75 Å². The summed E-state index contributed by atoms with van der Waals surface area (Å²) in [4.78, 5) is 22.6. The van der Waals surface area contributed by atoms with Crippen LogP contribution in [0.3, 0.4) is 0 Å². The molecule has 1 aliphatic heterocycles. The Balaban J connectivity index is 1.48. The first-order valence-corrected chi connectivity index (χ1v) is 7.79. The van der Waals surface area contributed by atoms with Crippen LogP contribution in [0.25, 0.3) is 0 Å². The number of anilines is 1. The highest BCUT2D eigenvalue weighted by Gasteiger charge is 2.22. The van der Waals surface area contributed by atoms with Crippen molar-refractivity contribution in [3.8, 4) is 5.75 Å². The van der Waals surface area contributed by atoms with Crippen LogP contribution in [-0.2, 0) is 4.79 Å². The molecule has 3 heterocycles. The molecule has 1 amide bonds. The minimum Gasteiger partial charge on any atom is -0.482 e. The highest BCUT2D eigenvalue weighted by molar-refractivity contribution is 5.78. The van der Waals surface area contributed by atoms with Crippen molar-refractivity contribution in [2.75, 3.05) is 24.6 Å². The van der Waals surface area contributed by atoms with Gasteiger partial charge in [0.05, 0.1) is 6.20 Å². The number of nitrogens with one attached hydrogen (secondary N) is 1. The van der Waals surface area contributed by atoms with Gasteiger partial charge in [0, 0.05) is 31.5 Å². The predicted octanol–water partition coefficient (Wildman–Crippen LogP) is 1.64. The highest BCUT2D eigenvalue weighted by atomic mass is 16.5. The van der Waals surface area contributed by atoms with Gasteiger partial charge in [-0.1, -0.05) is 6.07 Å². The molecular weight excluding hydrogens is 292 g/mol. The first kappa shape index (κ1) is 15.3. The molecular formula is C17H20N4O2. The van der Waals surface area contributed by atoms with Crippen molar-refractivity contribution in [2.24, 2.45) is 0 Å². The third-order valence-corrected chi connectivity index (χ3v) is 3.76. The fourth-order valence-electron chi connectivity index (χ4n) is 2.69. The van der Waals surface area contributed by atoms with E-state index >= 15 is 0 Å². The third kappa shape index (κ3) is 4.42. The molecule has 0 aromatic carbocycles. The predicted molar refractivity (Wildman–Crippen MR) is 87.3 cm³/mol. The third-order valence-electron chi connectivity index (χ3n) is 3.76. The highest BCUT2D eigenvalue weighted by Crippen LogP contribution is 2.17. The fourth-order valence-corrected chi connectivity index (χ4v) is 2.69. The number of pyridine rings is 2. The molecule has 0 bridgehead atoms. The lowest BCUT2D eigenvalue weighted by Crippen LogP contribution is -2.49. The summed E-state index contributed by atoms with van der Waals surface area (Å²) in [5, 5.41) is 3.04. The molecule has 2 aromatic rings. The van der Waals surface area contributed by atoms with E-state index < -0.39 is 0 Å². The van der Waals surface area contributed by atoms with Crippen LogP contribution in [0.1, 0.15) is 12.8 Å². The minimum absolute atomic E-state index is 0.00573. The SMILES string of the molecule is O=C(COc1cccnc1)N[C@H]1CCCN(c2ccccn2)C1. The Hall–Kier alpha value is -2.63. The molecule has 120 valence electrons. The first-order valence-electron chi connectivity index (χ1n) is 7.79.